The topological polar surface area (TPSA) is 297 Å². The van der Waals surface area contributed by atoms with E-state index >= 15 is 0 Å². The lowest BCUT2D eigenvalue weighted by Crippen LogP contribution is -2.74. The summed E-state index contributed by atoms with van der Waals surface area (Å²) in [5.74, 6) is -1.02. The van der Waals surface area contributed by atoms with Gasteiger partial charge in [-0.3, -0.25) is 4.79 Å². The van der Waals surface area contributed by atoms with Crippen molar-refractivity contribution in [1.29, 1.82) is 0 Å². The van der Waals surface area contributed by atoms with Gasteiger partial charge < -0.3 is 78.5 Å². The lowest BCUT2D eigenvalue weighted by atomic mass is 9.81. The summed E-state index contributed by atoms with van der Waals surface area (Å²) in [4.78, 5) is 12.9. The Kier molecular flexibility index (Phi) is 11.8. The molecule has 16 heteroatoms. The largest absolute Gasteiger partial charge is 0.394 e. The van der Waals surface area contributed by atoms with Crippen LogP contribution >= 0.6 is 0 Å². The average molecular weight is 567 g/mol. The van der Waals surface area contributed by atoms with Crippen molar-refractivity contribution in [2.75, 3.05) is 19.7 Å². The molecule has 1 amide bonds. The van der Waals surface area contributed by atoms with Crippen molar-refractivity contribution in [3.8, 4) is 0 Å². The zero-order chi connectivity index (χ0) is 29.0. The fourth-order valence-corrected chi connectivity index (χ4v) is 5.16. The standard InChI is InChI=1S/C23H46N6O10/c1-8(4-5-24)21(35)29-14-16(32)13(28)19(38-22-10(26)3-2-9(6-25)36-22)18(34)20(14)39-23-17(33)12(27)15(31)11(7-30)37-23/h8-20,22-23,30-34H,2-7,24-28H2,1H3,(H,29,35)/t8-,9-,10?,11?,12-,13-,14+,15-,16?,17?,18?,19?,20-,22+,23+/m0/s1. The molecule has 0 aromatic heterocycles. The maximum atomic E-state index is 12.9. The Hall–Kier alpha value is -1.09. The van der Waals surface area contributed by atoms with Crippen LogP contribution < -0.4 is 34.0 Å². The summed E-state index contributed by atoms with van der Waals surface area (Å²) in [5, 5.41) is 55.7. The number of amides is 1. The van der Waals surface area contributed by atoms with E-state index in [1.165, 1.54) is 0 Å². The van der Waals surface area contributed by atoms with Crippen LogP contribution in [0.2, 0.25) is 0 Å². The molecule has 2 aliphatic heterocycles. The predicted molar refractivity (Wildman–Crippen MR) is 135 cm³/mol. The third kappa shape index (κ3) is 7.22. The number of aliphatic hydroxyl groups is 5. The summed E-state index contributed by atoms with van der Waals surface area (Å²) < 4.78 is 23.2. The van der Waals surface area contributed by atoms with Crippen LogP contribution in [0.5, 0.6) is 0 Å². The Morgan fingerprint density at radius 1 is 0.923 bits per heavy atom. The van der Waals surface area contributed by atoms with Gasteiger partial charge in [0.2, 0.25) is 5.91 Å². The van der Waals surface area contributed by atoms with Gasteiger partial charge in [0, 0.05) is 12.5 Å². The van der Waals surface area contributed by atoms with Crippen LogP contribution in [0.4, 0.5) is 0 Å². The highest BCUT2D eigenvalue weighted by Gasteiger charge is 2.54. The third-order valence-electron chi connectivity index (χ3n) is 7.81. The van der Waals surface area contributed by atoms with E-state index in [1.54, 1.807) is 6.92 Å². The van der Waals surface area contributed by atoms with E-state index in [2.05, 4.69) is 5.32 Å². The molecule has 2 heterocycles. The van der Waals surface area contributed by atoms with E-state index in [0.717, 1.165) is 0 Å². The van der Waals surface area contributed by atoms with Crippen molar-refractivity contribution in [3.63, 3.8) is 0 Å². The smallest absolute Gasteiger partial charge is 0.223 e. The highest BCUT2D eigenvalue weighted by molar-refractivity contribution is 5.78. The summed E-state index contributed by atoms with van der Waals surface area (Å²) in [7, 11) is 0. The minimum absolute atomic E-state index is 0.227. The predicted octanol–water partition coefficient (Wildman–Crippen LogP) is -6.15. The molecule has 3 rings (SSSR count). The SMILES string of the molecule is C[C@@H](CCN)C(=O)N[C@@H]1C(O)[C@H](N)C(O[C@H]2O[C@H](CN)CCC2N)C(O)[C@H]1O[C@H]1OC(CO)[C@H](O)[C@H](N)C1O. The normalized spacial score (nSPS) is 46.0. The summed E-state index contributed by atoms with van der Waals surface area (Å²) >= 11 is 0. The molecule has 3 fully saturated rings. The van der Waals surface area contributed by atoms with E-state index in [4.69, 9.17) is 47.6 Å². The molecule has 0 radical (unpaired) electrons. The van der Waals surface area contributed by atoms with Crippen molar-refractivity contribution >= 4 is 5.91 Å². The van der Waals surface area contributed by atoms with E-state index in [9.17, 15) is 30.3 Å². The number of hydrogen-bond donors (Lipinski definition) is 11. The second-order valence-electron chi connectivity index (χ2n) is 10.7. The minimum atomic E-state index is -1.60. The molecule has 1 saturated carbocycles. The minimum Gasteiger partial charge on any atom is -0.394 e. The van der Waals surface area contributed by atoms with Gasteiger partial charge in [0.1, 0.15) is 36.6 Å². The quantitative estimate of drug-likeness (QED) is 0.117. The molecule has 0 bridgehead atoms. The first-order chi connectivity index (χ1) is 18.4. The van der Waals surface area contributed by atoms with Gasteiger partial charge in [0.05, 0.1) is 43.0 Å². The first-order valence-corrected chi connectivity index (χ1v) is 13.4. The molecular weight excluding hydrogens is 520 g/mol. The number of hydrogen-bond acceptors (Lipinski definition) is 15. The summed E-state index contributed by atoms with van der Waals surface area (Å²) in [6.45, 7) is 1.48. The maximum Gasteiger partial charge on any atom is 0.223 e. The summed E-state index contributed by atoms with van der Waals surface area (Å²) in [5.41, 5.74) is 29.7. The van der Waals surface area contributed by atoms with E-state index in [0.29, 0.717) is 19.3 Å². The Bertz CT molecular complexity index is 786. The molecule has 6 unspecified atom stereocenters. The van der Waals surface area contributed by atoms with Crippen molar-refractivity contribution < 1.29 is 49.3 Å². The van der Waals surface area contributed by atoms with Gasteiger partial charge in [0.25, 0.3) is 0 Å². The van der Waals surface area contributed by atoms with Crippen LogP contribution in [0.1, 0.15) is 26.2 Å². The number of carbonyl (C=O) groups excluding carboxylic acids is 1. The lowest BCUT2D eigenvalue weighted by molar-refractivity contribution is -0.319. The molecule has 39 heavy (non-hydrogen) atoms. The number of nitrogens with one attached hydrogen (secondary N) is 1. The molecule has 1 aliphatic carbocycles. The number of ether oxygens (including phenoxy) is 4. The molecule has 0 spiro atoms. The fourth-order valence-electron chi connectivity index (χ4n) is 5.16. The monoisotopic (exact) mass is 566 g/mol. The van der Waals surface area contributed by atoms with Gasteiger partial charge in [-0.2, -0.15) is 0 Å². The first kappa shape index (κ1) is 32.4. The second kappa shape index (κ2) is 14.2. The van der Waals surface area contributed by atoms with Crippen LogP contribution in [-0.2, 0) is 23.7 Å². The first-order valence-electron chi connectivity index (χ1n) is 13.4. The van der Waals surface area contributed by atoms with Crippen LogP contribution in [0.25, 0.3) is 0 Å². The van der Waals surface area contributed by atoms with Crippen molar-refractivity contribution in [3.05, 3.63) is 0 Å². The van der Waals surface area contributed by atoms with Crippen molar-refractivity contribution in [2.24, 2.45) is 34.6 Å². The molecule has 2 saturated heterocycles. The Balaban J connectivity index is 1.88. The van der Waals surface area contributed by atoms with Gasteiger partial charge in [-0.15, -0.1) is 0 Å². The lowest BCUT2D eigenvalue weighted by Gasteiger charge is -2.50. The van der Waals surface area contributed by atoms with Gasteiger partial charge in [-0.1, -0.05) is 6.92 Å². The van der Waals surface area contributed by atoms with Crippen LogP contribution in [0, 0.1) is 5.92 Å². The third-order valence-corrected chi connectivity index (χ3v) is 7.81. The Morgan fingerprint density at radius 2 is 1.59 bits per heavy atom. The number of rotatable bonds is 10. The van der Waals surface area contributed by atoms with Gasteiger partial charge in [-0.25, -0.2) is 0 Å². The molecular formula is C23H46N6O10. The zero-order valence-electron chi connectivity index (χ0n) is 22.1. The summed E-state index contributed by atoms with van der Waals surface area (Å²) in [6.07, 6.45) is -11.4. The molecule has 3 aliphatic rings. The number of carbonyl (C=O) groups is 1. The summed E-state index contributed by atoms with van der Waals surface area (Å²) in [6, 6.07) is -4.34. The van der Waals surface area contributed by atoms with Gasteiger partial charge in [-0.05, 0) is 25.8 Å². The second-order valence-corrected chi connectivity index (χ2v) is 10.7. The van der Waals surface area contributed by atoms with Crippen molar-refractivity contribution in [2.45, 2.75) is 112 Å². The molecule has 228 valence electrons. The molecule has 0 aromatic carbocycles. The molecule has 16 N–H and O–H groups in total. The highest BCUT2D eigenvalue weighted by Crippen LogP contribution is 2.32. The van der Waals surface area contributed by atoms with Crippen LogP contribution in [0.15, 0.2) is 0 Å². The van der Waals surface area contributed by atoms with Gasteiger partial charge >= 0.3 is 0 Å². The molecule has 15 atom stereocenters. The number of nitrogens with two attached hydrogens (primary N) is 5. The maximum absolute atomic E-state index is 12.9. The van der Waals surface area contributed by atoms with E-state index in [1.807, 2.05) is 0 Å². The Labute approximate surface area is 227 Å². The zero-order valence-corrected chi connectivity index (χ0v) is 22.1. The highest BCUT2D eigenvalue weighted by atomic mass is 16.7. The number of aliphatic hydroxyl groups excluding tert-OH is 5. The van der Waals surface area contributed by atoms with Crippen LogP contribution in [0.3, 0.4) is 0 Å². The molecule has 0 aromatic rings. The van der Waals surface area contributed by atoms with Crippen LogP contribution in [-0.4, -0.2) is 137 Å². The molecule has 16 nitrogen and oxygen atoms in total. The van der Waals surface area contributed by atoms with Gasteiger partial charge in [0.15, 0.2) is 12.6 Å². The average Bonchev–Trinajstić information content (AvgIpc) is 2.92. The van der Waals surface area contributed by atoms with Crippen molar-refractivity contribution in [1.82, 2.24) is 5.32 Å². The van der Waals surface area contributed by atoms with E-state index < -0.39 is 97.9 Å². The Morgan fingerprint density at radius 3 is 2.21 bits per heavy atom. The fraction of sp³-hybridized carbons (Fsp3) is 0.957. The van der Waals surface area contributed by atoms with E-state index in [-0.39, 0.29) is 19.2 Å².